The normalized spacial score (nSPS) is 10.3. The summed E-state index contributed by atoms with van der Waals surface area (Å²) in [5.41, 5.74) is 1.24. The minimum atomic E-state index is -0.265. The van der Waals surface area contributed by atoms with Gasteiger partial charge in [-0.15, -0.1) is 10.2 Å². The molecule has 2 N–H and O–H groups in total. The van der Waals surface area contributed by atoms with Crippen molar-refractivity contribution in [3.63, 3.8) is 0 Å². The summed E-state index contributed by atoms with van der Waals surface area (Å²) in [5, 5.41) is 14.5. The highest BCUT2D eigenvalue weighted by Gasteiger charge is 2.07. The van der Waals surface area contributed by atoms with Crippen molar-refractivity contribution in [2.75, 3.05) is 25.6 Å². The second-order valence-electron chi connectivity index (χ2n) is 4.89. The Bertz CT molecular complexity index is 617. The number of methoxy groups -OCH3 is 1. The molecule has 1 heterocycles. The van der Waals surface area contributed by atoms with E-state index in [4.69, 9.17) is 16.3 Å². The van der Waals surface area contributed by atoms with Gasteiger partial charge in [0.15, 0.2) is 5.69 Å². The third kappa shape index (κ3) is 5.84. The summed E-state index contributed by atoms with van der Waals surface area (Å²) < 4.78 is 4.96. The maximum absolute atomic E-state index is 12.0. The van der Waals surface area contributed by atoms with Crippen LogP contribution in [0, 0.1) is 0 Å². The molecule has 23 heavy (non-hydrogen) atoms. The van der Waals surface area contributed by atoms with E-state index in [1.807, 2.05) is 12.1 Å². The minimum absolute atomic E-state index is 0.265. The molecule has 1 amide bonds. The summed E-state index contributed by atoms with van der Waals surface area (Å²) in [6.07, 6.45) is 0.876. The number of nitrogens with one attached hydrogen (secondary N) is 2. The lowest BCUT2D eigenvalue weighted by molar-refractivity contribution is 0.0945. The monoisotopic (exact) mass is 334 g/mol. The Hall–Kier alpha value is -2.18. The molecule has 7 heteroatoms. The number of aromatic nitrogens is 2. The molecule has 122 valence electrons. The van der Waals surface area contributed by atoms with Crippen molar-refractivity contribution in [1.29, 1.82) is 0 Å². The number of carbonyl (C=O) groups excluding carboxylic acids is 1. The average molecular weight is 335 g/mol. The van der Waals surface area contributed by atoms with Crippen molar-refractivity contribution in [2.45, 2.75) is 13.0 Å². The molecule has 0 unspecified atom stereocenters. The van der Waals surface area contributed by atoms with Crippen LogP contribution in [0.15, 0.2) is 36.4 Å². The molecule has 0 aliphatic heterocycles. The van der Waals surface area contributed by atoms with Gasteiger partial charge in [0.2, 0.25) is 0 Å². The van der Waals surface area contributed by atoms with Crippen molar-refractivity contribution in [2.24, 2.45) is 0 Å². The van der Waals surface area contributed by atoms with E-state index in [9.17, 15) is 4.79 Å². The standard InChI is InChI=1S/C16H19ClN4O2/c1-23-10-2-9-18-15-8-7-14(20-21-15)16(22)19-11-12-3-5-13(17)6-4-12/h3-8H,2,9-11H2,1H3,(H,18,21)(H,19,22). The summed E-state index contributed by atoms with van der Waals surface area (Å²) in [5.74, 6) is 0.369. The molecule has 0 aliphatic carbocycles. The van der Waals surface area contributed by atoms with Crippen molar-refractivity contribution >= 4 is 23.3 Å². The van der Waals surface area contributed by atoms with E-state index in [1.54, 1.807) is 31.4 Å². The maximum Gasteiger partial charge on any atom is 0.272 e. The number of benzene rings is 1. The number of carbonyl (C=O) groups is 1. The van der Waals surface area contributed by atoms with Crippen LogP contribution in [0.25, 0.3) is 0 Å². The zero-order chi connectivity index (χ0) is 16.5. The van der Waals surface area contributed by atoms with Gasteiger partial charge in [0.05, 0.1) is 0 Å². The highest BCUT2D eigenvalue weighted by atomic mass is 35.5. The van der Waals surface area contributed by atoms with Gasteiger partial charge in [0.1, 0.15) is 5.82 Å². The van der Waals surface area contributed by atoms with Crippen LogP contribution in [0.2, 0.25) is 5.02 Å². The van der Waals surface area contributed by atoms with E-state index in [1.165, 1.54) is 0 Å². The molecular formula is C16H19ClN4O2. The van der Waals surface area contributed by atoms with E-state index in [0.717, 1.165) is 18.5 Å². The summed E-state index contributed by atoms with van der Waals surface area (Å²) >= 11 is 5.82. The first-order chi connectivity index (χ1) is 11.2. The molecule has 0 fully saturated rings. The Balaban J connectivity index is 1.81. The van der Waals surface area contributed by atoms with Crippen LogP contribution in [-0.4, -0.2) is 36.4 Å². The fraction of sp³-hybridized carbons (Fsp3) is 0.312. The molecule has 6 nitrogen and oxygen atoms in total. The number of hydrogen-bond donors (Lipinski definition) is 2. The van der Waals surface area contributed by atoms with Gasteiger partial charge in [-0.1, -0.05) is 23.7 Å². The number of rotatable bonds is 8. The van der Waals surface area contributed by atoms with Crippen LogP contribution in [-0.2, 0) is 11.3 Å². The second kappa shape index (κ2) is 9.07. The van der Waals surface area contributed by atoms with Gasteiger partial charge < -0.3 is 15.4 Å². The van der Waals surface area contributed by atoms with Crippen molar-refractivity contribution in [1.82, 2.24) is 15.5 Å². The number of amides is 1. The first kappa shape index (κ1) is 17.2. The Morgan fingerprint density at radius 1 is 1.17 bits per heavy atom. The van der Waals surface area contributed by atoms with E-state index in [0.29, 0.717) is 24.0 Å². The molecule has 0 saturated heterocycles. The summed E-state index contributed by atoms with van der Waals surface area (Å²) in [4.78, 5) is 12.0. The fourth-order valence-corrected chi connectivity index (χ4v) is 1.98. The zero-order valence-electron chi connectivity index (χ0n) is 12.9. The van der Waals surface area contributed by atoms with Crippen molar-refractivity contribution in [3.8, 4) is 0 Å². The fourth-order valence-electron chi connectivity index (χ4n) is 1.86. The van der Waals surface area contributed by atoms with Crippen LogP contribution in [0.4, 0.5) is 5.82 Å². The maximum atomic E-state index is 12.0. The second-order valence-corrected chi connectivity index (χ2v) is 5.32. The number of halogens is 1. The van der Waals surface area contributed by atoms with Gasteiger partial charge >= 0.3 is 0 Å². The predicted octanol–water partition coefficient (Wildman–Crippen LogP) is 2.51. The first-order valence-electron chi connectivity index (χ1n) is 7.28. The van der Waals surface area contributed by atoms with E-state index in [-0.39, 0.29) is 11.6 Å². The Labute approximate surface area is 140 Å². The zero-order valence-corrected chi connectivity index (χ0v) is 13.6. The van der Waals surface area contributed by atoms with Crippen LogP contribution in [0.3, 0.4) is 0 Å². The smallest absolute Gasteiger partial charge is 0.272 e. The van der Waals surface area contributed by atoms with Crippen LogP contribution in [0.1, 0.15) is 22.5 Å². The lowest BCUT2D eigenvalue weighted by atomic mass is 10.2. The number of nitrogens with zero attached hydrogens (tertiary/aromatic N) is 2. The lowest BCUT2D eigenvalue weighted by Gasteiger charge is -2.06. The summed E-state index contributed by atoms with van der Waals surface area (Å²) in [6, 6.07) is 10.7. The lowest BCUT2D eigenvalue weighted by Crippen LogP contribution is -2.24. The third-order valence-corrected chi connectivity index (χ3v) is 3.35. The molecule has 0 bridgehead atoms. The van der Waals surface area contributed by atoms with Gasteiger partial charge in [-0.25, -0.2) is 0 Å². The van der Waals surface area contributed by atoms with Gasteiger partial charge in [-0.3, -0.25) is 4.79 Å². The highest BCUT2D eigenvalue weighted by molar-refractivity contribution is 6.30. The van der Waals surface area contributed by atoms with Crippen molar-refractivity contribution in [3.05, 3.63) is 52.7 Å². The average Bonchev–Trinajstić information content (AvgIpc) is 2.58. The Morgan fingerprint density at radius 3 is 2.61 bits per heavy atom. The topological polar surface area (TPSA) is 76.1 Å². The Morgan fingerprint density at radius 2 is 1.96 bits per heavy atom. The molecule has 2 aromatic rings. The molecule has 0 saturated carbocycles. The number of anilines is 1. The minimum Gasteiger partial charge on any atom is -0.385 e. The summed E-state index contributed by atoms with van der Waals surface area (Å²) in [6.45, 7) is 1.84. The van der Waals surface area contributed by atoms with E-state index < -0.39 is 0 Å². The SMILES string of the molecule is COCCCNc1ccc(C(=O)NCc2ccc(Cl)cc2)nn1. The van der Waals surface area contributed by atoms with Gasteiger partial charge in [-0.2, -0.15) is 0 Å². The number of hydrogen-bond acceptors (Lipinski definition) is 5. The molecular weight excluding hydrogens is 316 g/mol. The molecule has 2 rings (SSSR count). The third-order valence-electron chi connectivity index (χ3n) is 3.09. The molecule has 0 atom stereocenters. The van der Waals surface area contributed by atoms with Crippen LogP contribution < -0.4 is 10.6 Å². The van der Waals surface area contributed by atoms with Gasteiger partial charge in [-0.05, 0) is 36.2 Å². The van der Waals surface area contributed by atoms with Crippen LogP contribution >= 0.6 is 11.6 Å². The first-order valence-corrected chi connectivity index (χ1v) is 7.66. The Kier molecular flexibility index (Phi) is 6.77. The quantitative estimate of drug-likeness (QED) is 0.725. The summed E-state index contributed by atoms with van der Waals surface area (Å²) in [7, 11) is 1.66. The molecule has 0 radical (unpaired) electrons. The molecule has 0 aliphatic rings. The van der Waals surface area contributed by atoms with Gasteiger partial charge in [0.25, 0.3) is 5.91 Å². The van der Waals surface area contributed by atoms with Crippen molar-refractivity contribution < 1.29 is 9.53 Å². The molecule has 0 spiro atoms. The van der Waals surface area contributed by atoms with Gasteiger partial charge in [0, 0.05) is 31.8 Å². The van der Waals surface area contributed by atoms with E-state index in [2.05, 4.69) is 20.8 Å². The predicted molar refractivity (Wildman–Crippen MR) is 89.6 cm³/mol. The van der Waals surface area contributed by atoms with Crippen LogP contribution in [0.5, 0.6) is 0 Å². The molecule has 1 aromatic heterocycles. The number of ether oxygens (including phenoxy) is 1. The largest absolute Gasteiger partial charge is 0.385 e. The van der Waals surface area contributed by atoms with E-state index >= 15 is 0 Å². The molecule has 1 aromatic carbocycles. The highest BCUT2D eigenvalue weighted by Crippen LogP contribution is 2.09.